The van der Waals surface area contributed by atoms with Crippen LogP contribution in [0.5, 0.6) is 0 Å². The maximum atomic E-state index is 9.15. The van der Waals surface area contributed by atoms with Crippen molar-refractivity contribution in [2.24, 2.45) is 0 Å². The lowest BCUT2D eigenvalue weighted by molar-refractivity contribution is -0.117. The van der Waals surface area contributed by atoms with Gasteiger partial charge in [0, 0.05) is 20.6 Å². The third kappa shape index (κ3) is 4.79. The largest absolute Gasteiger partial charge is 0.380 e. The fourth-order valence-electron chi connectivity index (χ4n) is 0.697. The minimum atomic E-state index is -0.662. The van der Waals surface area contributed by atoms with Gasteiger partial charge in [0.2, 0.25) is 0 Å². The van der Waals surface area contributed by atoms with Crippen LogP contribution in [0.15, 0.2) is 0 Å². The first-order valence-corrected chi connectivity index (χ1v) is 3.40. The highest BCUT2D eigenvalue weighted by atomic mass is 16.7. The van der Waals surface area contributed by atoms with Crippen LogP contribution in [0.3, 0.4) is 0 Å². The highest BCUT2D eigenvalue weighted by Gasteiger charge is 2.09. The molecule has 0 spiro atoms. The van der Waals surface area contributed by atoms with E-state index in [1.807, 2.05) is 0 Å². The van der Waals surface area contributed by atoms with E-state index in [1.165, 1.54) is 14.2 Å². The molecule has 0 aliphatic heterocycles. The zero-order valence-electron chi connectivity index (χ0n) is 7.13. The number of aliphatic hydroxyl groups excluding tert-OH is 1. The molecule has 0 saturated carbocycles. The average molecular weight is 158 g/mol. The van der Waals surface area contributed by atoms with Crippen molar-refractivity contribution in [3.63, 3.8) is 0 Å². The van der Waals surface area contributed by atoms with Crippen molar-refractivity contribution in [1.29, 1.82) is 0 Å². The fourth-order valence-corrected chi connectivity index (χ4v) is 0.697. The maximum Gasteiger partial charge on any atom is 0.160 e. The summed E-state index contributed by atoms with van der Waals surface area (Å²) in [6.07, 6.45) is -0.649. The Morgan fingerprint density at radius 2 is 1.91 bits per heavy atom. The van der Waals surface area contributed by atoms with Gasteiger partial charge < -0.3 is 14.6 Å². The number of methoxy groups -OCH3 is 2. The second kappa shape index (κ2) is 6.17. The van der Waals surface area contributed by atoms with Crippen LogP contribution in [0.1, 0.15) is 13.3 Å². The minimum Gasteiger partial charge on any atom is -0.380 e. The summed E-state index contributed by atoms with van der Waals surface area (Å²) >= 11 is 0. The second-order valence-corrected chi connectivity index (χ2v) is 2.05. The Morgan fingerprint density at radius 3 is 2.27 bits per heavy atom. The number of aliphatic hydroxyl groups is 1. The van der Waals surface area contributed by atoms with Gasteiger partial charge in [-0.15, -0.1) is 5.92 Å². The van der Waals surface area contributed by atoms with Crippen LogP contribution in [-0.2, 0) is 9.47 Å². The van der Waals surface area contributed by atoms with Crippen LogP contribution in [0.2, 0.25) is 0 Å². The normalized spacial score (nSPS) is 12.5. The Kier molecular flexibility index (Phi) is 5.86. The van der Waals surface area contributed by atoms with Crippen LogP contribution in [-0.4, -0.2) is 31.7 Å². The van der Waals surface area contributed by atoms with E-state index >= 15 is 0 Å². The molecule has 0 aromatic carbocycles. The molecule has 0 fully saturated rings. The van der Waals surface area contributed by atoms with Gasteiger partial charge in [0.05, 0.1) is 0 Å². The standard InChI is InChI=1S/C8H14O3/c1-4-5-7(9)6-8(10-2)11-3/h7-9H,6H2,1-3H3. The molecule has 0 aliphatic carbocycles. The first-order chi connectivity index (χ1) is 5.24. The van der Waals surface area contributed by atoms with Crippen molar-refractivity contribution in [2.75, 3.05) is 14.2 Å². The van der Waals surface area contributed by atoms with Gasteiger partial charge in [0.25, 0.3) is 0 Å². The maximum absolute atomic E-state index is 9.15. The first-order valence-electron chi connectivity index (χ1n) is 3.40. The third-order valence-electron chi connectivity index (χ3n) is 1.25. The zero-order valence-corrected chi connectivity index (χ0v) is 7.13. The summed E-state index contributed by atoms with van der Waals surface area (Å²) < 4.78 is 9.73. The van der Waals surface area contributed by atoms with Crippen LogP contribution in [0.4, 0.5) is 0 Å². The summed E-state index contributed by atoms with van der Waals surface area (Å²) in [4.78, 5) is 0. The van der Waals surface area contributed by atoms with Crippen LogP contribution < -0.4 is 0 Å². The number of rotatable bonds is 4. The van der Waals surface area contributed by atoms with Crippen LogP contribution >= 0.6 is 0 Å². The van der Waals surface area contributed by atoms with E-state index < -0.39 is 6.10 Å². The van der Waals surface area contributed by atoms with E-state index in [9.17, 15) is 0 Å². The van der Waals surface area contributed by atoms with Crippen molar-refractivity contribution < 1.29 is 14.6 Å². The molecule has 11 heavy (non-hydrogen) atoms. The van der Waals surface area contributed by atoms with E-state index in [1.54, 1.807) is 6.92 Å². The Labute approximate surface area is 67.3 Å². The van der Waals surface area contributed by atoms with Gasteiger partial charge in [-0.05, 0) is 6.92 Å². The summed E-state index contributed by atoms with van der Waals surface area (Å²) in [6, 6.07) is 0. The summed E-state index contributed by atoms with van der Waals surface area (Å²) in [5.74, 6) is 5.20. The van der Waals surface area contributed by atoms with E-state index in [4.69, 9.17) is 14.6 Å². The molecular weight excluding hydrogens is 144 g/mol. The lowest BCUT2D eigenvalue weighted by atomic mass is 10.2. The predicted octanol–water partition coefficient (Wildman–Crippen LogP) is 0.380. The van der Waals surface area contributed by atoms with E-state index in [-0.39, 0.29) is 6.29 Å². The van der Waals surface area contributed by atoms with Gasteiger partial charge in [-0.1, -0.05) is 5.92 Å². The van der Waals surface area contributed by atoms with Gasteiger partial charge >= 0.3 is 0 Å². The topological polar surface area (TPSA) is 38.7 Å². The minimum absolute atomic E-state index is 0.370. The van der Waals surface area contributed by atoms with Gasteiger partial charge in [-0.3, -0.25) is 0 Å². The molecule has 3 nitrogen and oxygen atoms in total. The van der Waals surface area contributed by atoms with Gasteiger partial charge in [0.15, 0.2) is 6.29 Å². The Morgan fingerprint density at radius 1 is 1.36 bits per heavy atom. The van der Waals surface area contributed by atoms with Crippen molar-refractivity contribution in [2.45, 2.75) is 25.7 Å². The third-order valence-corrected chi connectivity index (χ3v) is 1.25. The number of hydrogen-bond acceptors (Lipinski definition) is 3. The zero-order chi connectivity index (χ0) is 8.69. The molecule has 1 N–H and O–H groups in total. The molecule has 1 atom stereocenters. The summed E-state index contributed by atoms with van der Waals surface area (Å²) in [5.41, 5.74) is 0. The smallest absolute Gasteiger partial charge is 0.160 e. The Hall–Kier alpha value is -0.560. The van der Waals surface area contributed by atoms with Crippen LogP contribution in [0.25, 0.3) is 0 Å². The molecule has 0 saturated heterocycles. The molecular formula is C8H14O3. The lowest BCUT2D eigenvalue weighted by Crippen LogP contribution is -2.20. The molecule has 0 amide bonds. The van der Waals surface area contributed by atoms with E-state index in [0.29, 0.717) is 6.42 Å². The monoisotopic (exact) mass is 158 g/mol. The summed E-state index contributed by atoms with van der Waals surface area (Å²) in [6.45, 7) is 1.68. The number of ether oxygens (including phenoxy) is 2. The van der Waals surface area contributed by atoms with Crippen LogP contribution in [0, 0.1) is 11.8 Å². The molecule has 0 radical (unpaired) electrons. The number of hydrogen-bond donors (Lipinski definition) is 1. The molecule has 0 rings (SSSR count). The molecule has 64 valence electrons. The molecule has 0 bridgehead atoms. The first kappa shape index (κ1) is 10.4. The van der Waals surface area contributed by atoms with Gasteiger partial charge in [-0.2, -0.15) is 0 Å². The quantitative estimate of drug-likeness (QED) is 0.475. The summed E-state index contributed by atoms with van der Waals surface area (Å²) in [7, 11) is 3.06. The van der Waals surface area contributed by atoms with E-state index in [0.717, 1.165) is 0 Å². The van der Waals surface area contributed by atoms with Gasteiger partial charge in [-0.25, -0.2) is 0 Å². The average Bonchev–Trinajstić information content (AvgIpc) is 2.01. The molecule has 0 aliphatic rings. The van der Waals surface area contributed by atoms with E-state index in [2.05, 4.69) is 11.8 Å². The molecule has 0 aromatic heterocycles. The molecule has 0 aromatic rings. The molecule has 0 heterocycles. The Balaban J connectivity index is 3.68. The second-order valence-electron chi connectivity index (χ2n) is 2.05. The van der Waals surface area contributed by atoms with Crippen molar-refractivity contribution in [1.82, 2.24) is 0 Å². The highest BCUT2D eigenvalue weighted by molar-refractivity contribution is 5.01. The molecule has 1 unspecified atom stereocenters. The lowest BCUT2D eigenvalue weighted by Gasteiger charge is -2.13. The van der Waals surface area contributed by atoms with Crippen molar-refractivity contribution in [3.8, 4) is 11.8 Å². The van der Waals surface area contributed by atoms with Crippen molar-refractivity contribution in [3.05, 3.63) is 0 Å². The SMILES string of the molecule is CC#CC(O)CC(OC)OC. The summed E-state index contributed by atoms with van der Waals surface area (Å²) in [5, 5.41) is 9.15. The fraction of sp³-hybridized carbons (Fsp3) is 0.750. The Bertz CT molecular complexity index is 141. The predicted molar refractivity (Wildman–Crippen MR) is 41.9 cm³/mol. The highest BCUT2D eigenvalue weighted by Crippen LogP contribution is 2.01. The molecule has 3 heteroatoms. The van der Waals surface area contributed by atoms with Gasteiger partial charge in [0.1, 0.15) is 6.10 Å². The van der Waals surface area contributed by atoms with Crippen molar-refractivity contribution >= 4 is 0 Å².